The third kappa shape index (κ3) is 5.15. The highest BCUT2D eigenvalue weighted by Gasteiger charge is 2.46. The zero-order valence-electron chi connectivity index (χ0n) is 21.8. The summed E-state index contributed by atoms with van der Waals surface area (Å²) in [6.07, 6.45) is 16.7. The number of piperidine rings is 1. The largest absolute Gasteiger partial charge is 0.478 e. The van der Waals surface area contributed by atoms with E-state index in [-0.39, 0.29) is 17.4 Å². The van der Waals surface area contributed by atoms with Gasteiger partial charge in [0.25, 0.3) is 0 Å². The first kappa shape index (κ1) is 24.2. The van der Waals surface area contributed by atoms with Crippen LogP contribution in [0.2, 0.25) is 0 Å². The van der Waals surface area contributed by atoms with Crippen LogP contribution >= 0.6 is 0 Å². The molecule has 3 aliphatic rings. The number of aryl methyl sites for hydroxylation is 1. The fourth-order valence-corrected chi connectivity index (χ4v) is 6.75. The maximum absolute atomic E-state index is 12.1. The van der Waals surface area contributed by atoms with E-state index in [0.717, 1.165) is 48.4 Å². The molecule has 1 aliphatic heterocycles. The minimum Gasteiger partial charge on any atom is -0.478 e. The molecule has 2 aliphatic carbocycles. The summed E-state index contributed by atoms with van der Waals surface area (Å²) >= 11 is 0. The Balaban J connectivity index is 1.20. The van der Waals surface area contributed by atoms with Crippen LogP contribution in [0.4, 0.5) is 5.69 Å². The molecule has 0 spiro atoms. The summed E-state index contributed by atoms with van der Waals surface area (Å²) in [7, 11) is 1.85. The number of carbonyl (C=O) groups is 1. The molecule has 2 aromatic heterocycles. The van der Waals surface area contributed by atoms with E-state index >= 15 is 0 Å². The number of hydrogen-bond donors (Lipinski definition) is 1. The Morgan fingerprint density at radius 1 is 1.03 bits per heavy atom. The van der Waals surface area contributed by atoms with Gasteiger partial charge in [0.05, 0.1) is 23.3 Å². The molecule has 1 N–H and O–H groups in total. The van der Waals surface area contributed by atoms with Crippen molar-refractivity contribution in [2.75, 3.05) is 18.0 Å². The van der Waals surface area contributed by atoms with Crippen LogP contribution in [-0.2, 0) is 7.05 Å². The molecule has 3 atom stereocenters. The smallest absolute Gasteiger partial charge is 0.339 e. The number of aromatic carboxylic acids is 1. The number of hydrogen-bond acceptors (Lipinski definition) is 5. The van der Waals surface area contributed by atoms with Crippen LogP contribution in [0.3, 0.4) is 0 Å². The Morgan fingerprint density at radius 3 is 2.59 bits per heavy atom. The molecule has 1 aromatic carbocycles. The van der Waals surface area contributed by atoms with Crippen molar-refractivity contribution < 1.29 is 9.90 Å². The van der Waals surface area contributed by atoms with Crippen LogP contribution in [0.1, 0.15) is 97.8 Å². The molecular weight excluding hydrogens is 464 g/mol. The summed E-state index contributed by atoms with van der Waals surface area (Å²) in [6, 6.07) is 8.49. The number of anilines is 1. The van der Waals surface area contributed by atoms with Crippen LogP contribution in [0, 0.1) is 11.8 Å². The molecule has 0 unspecified atom stereocenters. The Hall–Kier alpha value is -3.16. The average molecular weight is 503 g/mol. The lowest BCUT2D eigenvalue weighted by Crippen LogP contribution is -2.35. The lowest BCUT2D eigenvalue weighted by molar-refractivity contribution is 0.0695. The highest BCUT2D eigenvalue weighted by Crippen LogP contribution is 2.55. The van der Waals surface area contributed by atoms with Crippen LogP contribution < -0.4 is 4.90 Å². The first-order chi connectivity index (χ1) is 18.1. The van der Waals surface area contributed by atoms with Gasteiger partial charge in [0.2, 0.25) is 0 Å². The van der Waals surface area contributed by atoms with E-state index in [1.165, 1.54) is 69.7 Å². The summed E-state index contributed by atoms with van der Waals surface area (Å²) < 4.78 is 3.54. The summed E-state index contributed by atoms with van der Waals surface area (Å²) in [6.45, 7) is 2.19. The van der Waals surface area contributed by atoms with E-state index in [1.54, 1.807) is 4.68 Å². The first-order valence-corrected chi connectivity index (χ1v) is 14.1. The van der Waals surface area contributed by atoms with Gasteiger partial charge in [0.15, 0.2) is 0 Å². The second-order valence-electron chi connectivity index (χ2n) is 11.5. The van der Waals surface area contributed by atoms with Crippen molar-refractivity contribution in [1.29, 1.82) is 0 Å². The van der Waals surface area contributed by atoms with Gasteiger partial charge >= 0.3 is 5.97 Å². The average Bonchev–Trinajstić information content (AvgIpc) is 3.37. The molecule has 1 saturated heterocycles. The molecule has 8 nitrogen and oxygen atoms in total. The summed E-state index contributed by atoms with van der Waals surface area (Å²) in [5.41, 5.74) is 4.10. The highest BCUT2D eigenvalue weighted by atomic mass is 16.4. The topological polar surface area (TPSA) is 89.1 Å². The van der Waals surface area contributed by atoms with Gasteiger partial charge in [-0.25, -0.2) is 9.48 Å². The highest BCUT2D eigenvalue weighted by molar-refractivity contribution is 5.89. The second-order valence-corrected chi connectivity index (χ2v) is 11.5. The molecule has 3 aromatic rings. The molecule has 37 heavy (non-hydrogen) atoms. The normalized spacial score (nSPS) is 24.4. The van der Waals surface area contributed by atoms with E-state index in [1.807, 2.05) is 24.0 Å². The van der Waals surface area contributed by atoms with Gasteiger partial charge < -0.3 is 10.0 Å². The fraction of sp³-hybridized carbons (Fsp3) is 0.586. The van der Waals surface area contributed by atoms with Crippen molar-refractivity contribution in [2.24, 2.45) is 18.9 Å². The third-order valence-corrected chi connectivity index (χ3v) is 8.85. The minimum absolute atomic E-state index is 0.0770. The van der Waals surface area contributed by atoms with Crippen LogP contribution in [0.5, 0.6) is 0 Å². The lowest BCUT2D eigenvalue weighted by Gasteiger charge is -2.35. The van der Waals surface area contributed by atoms with Crippen molar-refractivity contribution >= 4 is 11.7 Å². The number of carboxylic acid groups (broad SMARTS) is 1. The van der Waals surface area contributed by atoms with Crippen molar-refractivity contribution in [3.8, 4) is 5.69 Å². The van der Waals surface area contributed by atoms with E-state index in [0.29, 0.717) is 0 Å². The molecular formula is C29H38N6O2. The predicted octanol–water partition coefficient (Wildman–Crippen LogP) is 5.55. The molecule has 196 valence electrons. The monoisotopic (exact) mass is 502 g/mol. The van der Waals surface area contributed by atoms with Crippen molar-refractivity contribution in [1.82, 2.24) is 24.8 Å². The summed E-state index contributed by atoms with van der Waals surface area (Å²) in [5, 5.41) is 22.8. The van der Waals surface area contributed by atoms with Crippen molar-refractivity contribution in [3.05, 3.63) is 53.6 Å². The summed E-state index contributed by atoms with van der Waals surface area (Å²) in [4.78, 5) is 14.6. The van der Waals surface area contributed by atoms with E-state index in [2.05, 4.69) is 38.5 Å². The number of benzene rings is 1. The Kier molecular flexibility index (Phi) is 6.74. The first-order valence-electron chi connectivity index (χ1n) is 14.1. The van der Waals surface area contributed by atoms with Crippen LogP contribution in [-0.4, -0.2) is 48.9 Å². The van der Waals surface area contributed by atoms with Gasteiger partial charge in [-0.15, -0.1) is 5.10 Å². The number of nitrogens with zero attached hydrogens (tertiary/aromatic N) is 6. The van der Waals surface area contributed by atoms with E-state index in [9.17, 15) is 9.90 Å². The van der Waals surface area contributed by atoms with Gasteiger partial charge in [-0.2, -0.15) is 5.10 Å². The molecule has 0 amide bonds. The number of rotatable bonds is 8. The van der Waals surface area contributed by atoms with Gasteiger partial charge in [-0.05, 0) is 55.7 Å². The summed E-state index contributed by atoms with van der Waals surface area (Å²) in [5.74, 6) is 1.03. The Bertz CT molecular complexity index is 1240. The molecule has 8 heteroatoms. The second kappa shape index (κ2) is 10.3. The van der Waals surface area contributed by atoms with Crippen LogP contribution in [0.25, 0.3) is 5.69 Å². The van der Waals surface area contributed by atoms with E-state index in [4.69, 9.17) is 0 Å². The fourth-order valence-electron chi connectivity index (χ4n) is 6.75. The van der Waals surface area contributed by atoms with Crippen molar-refractivity contribution in [3.63, 3.8) is 0 Å². The van der Waals surface area contributed by atoms with Gasteiger partial charge in [-0.1, -0.05) is 49.8 Å². The molecule has 3 fully saturated rings. The minimum atomic E-state index is -0.931. The third-order valence-electron chi connectivity index (χ3n) is 8.85. The van der Waals surface area contributed by atoms with Gasteiger partial charge in [0, 0.05) is 43.9 Å². The van der Waals surface area contributed by atoms with E-state index < -0.39 is 5.97 Å². The van der Waals surface area contributed by atoms with Gasteiger partial charge in [0.1, 0.15) is 5.56 Å². The molecule has 0 bridgehead atoms. The van der Waals surface area contributed by atoms with Gasteiger partial charge in [-0.3, -0.25) is 4.68 Å². The number of aromatic nitrogens is 5. The molecule has 0 radical (unpaired) electrons. The maximum atomic E-state index is 12.1. The standard InChI is InChI=1S/C29H38N6O2/c1-33-19-27(31-32-33)24-16-25(24)28-26(29(36)37)17-30-35(28)23-11-5-10-22(15-23)34-14-6-9-21(18-34)13-12-20-7-3-2-4-8-20/h5,10-11,15,17,19-21,24-25H,2-4,6-9,12-14,16,18H2,1H3,(H,36,37)/t21-,24+,25+/m0/s1. The SMILES string of the molecule is Cn1cc([C@@H]2C[C@H]2c2c(C(=O)O)cnn2-c2cccc(N3CCC[C@@H](CCC4CCCCC4)C3)c2)nn1. The molecule has 6 rings (SSSR count). The zero-order chi connectivity index (χ0) is 25.4. The predicted molar refractivity (Wildman–Crippen MR) is 142 cm³/mol. The zero-order valence-corrected chi connectivity index (χ0v) is 21.8. The quantitative estimate of drug-likeness (QED) is 0.435. The molecule has 3 heterocycles. The van der Waals surface area contributed by atoms with Crippen LogP contribution in [0.15, 0.2) is 36.7 Å². The maximum Gasteiger partial charge on any atom is 0.339 e. The molecule has 2 saturated carbocycles. The number of carboxylic acids is 1. The lowest BCUT2D eigenvalue weighted by atomic mass is 9.82. The Labute approximate surface area is 218 Å². The van der Waals surface area contributed by atoms with Crippen molar-refractivity contribution in [2.45, 2.75) is 76.0 Å². The Morgan fingerprint density at radius 2 is 1.81 bits per heavy atom.